The number of hydrogen-bond acceptors (Lipinski definition) is 1. The molecule has 6 heteroatoms. The zero-order valence-electron chi connectivity index (χ0n) is 8.11. The molecule has 0 bridgehead atoms. The highest BCUT2D eigenvalue weighted by atomic mass is 79.9. The van der Waals surface area contributed by atoms with E-state index in [2.05, 4.69) is 15.9 Å². The Balaban J connectivity index is 3.34. The van der Waals surface area contributed by atoms with Gasteiger partial charge in [0.15, 0.2) is 0 Å². The predicted octanol–water partition coefficient (Wildman–Crippen LogP) is 4.38. The van der Waals surface area contributed by atoms with Gasteiger partial charge < -0.3 is 0 Å². The summed E-state index contributed by atoms with van der Waals surface area (Å²) < 4.78 is 38.0. The van der Waals surface area contributed by atoms with E-state index in [1.54, 1.807) is 0 Å². The van der Waals surface area contributed by atoms with Gasteiger partial charge in [-0.05, 0) is 24.6 Å². The first-order chi connectivity index (χ1) is 7.23. The van der Waals surface area contributed by atoms with Crippen molar-refractivity contribution in [1.82, 2.24) is 0 Å². The number of carbonyl (C=O) groups is 1. The predicted molar refractivity (Wildman–Crippen MR) is 58.8 cm³/mol. The molecule has 0 heterocycles. The molecule has 1 nitrogen and oxygen atoms in total. The first-order valence-electron chi connectivity index (χ1n) is 4.24. The van der Waals surface area contributed by atoms with Crippen molar-refractivity contribution >= 4 is 33.3 Å². The number of carbonyl (C=O) groups excluding carboxylic acids is 1. The molecule has 0 fully saturated rings. The minimum absolute atomic E-state index is 0.0145. The largest absolute Gasteiger partial charge is 0.416 e. The van der Waals surface area contributed by atoms with Gasteiger partial charge in [-0.3, -0.25) is 4.79 Å². The maximum atomic E-state index is 12.7. The first-order valence-corrected chi connectivity index (χ1v) is 5.54. The maximum absolute atomic E-state index is 12.7. The summed E-state index contributed by atoms with van der Waals surface area (Å²) in [7, 11) is 0. The summed E-state index contributed by atoms with van der Waals surface area (Å²) >= 11 is 8.43. The van der Waals surface area contributed by atoms with Crippen LogP contribution in [0.2, 0.25) is 5.02 Å². The number of benzene rings is 1. The summed E-state index contributed by atoms with van der Waals surface area (Å²) in [5.41, 5.74) is -1.01. The van der Waals surface area contributed by atoms with Gasteiger partial charge in [-0.15, -0.1) is 0 Å². The van der Waals surface area contributed by atoms with Crippen LogP contribution in [0.4, 0.5) is 13.2 Å². The number of halogens is 5. The molecule has 0 aliphatic carbocycles. The van der Waals surface area contributed by atoms with Crippen molar-refractivity contribution in [3.63, 3.8) is 0 Å². The standard InChI is InChI=1S/C10H7BrClF3O/c1-5(16)9(11)7-3-2-6(12)4-8(7)10(13,14)15/h2-4,9H,1H3. The summed E-state index contributed by atoms with van der Waals surface area (Å²) in [5, 5.41) is -0.0145. The molecule has 0 spiro atoms. The molecule has 0 saturated carbocycles. The fourth-order valence-corrected chi connectivity index (χ4v) is 1.79. The van der Waals surface area contributed by atoms with Crippen LogP contribution < -0.4 is 0 Å². The van der Waals surface area contributed by atoms with Gasteiger partial charge in [-0.25, -0.2) is 0 Å². The smallest absolute Gasteiger partial charge is 0.298 e. The topological polar surface area (TPSA) is 17.1 Å². The van der Waals surface area contributed by atoms with E-state index in [0.29, 0.717) is 0 Å². The molecule has 0 aliphatic rings. The second kappa shape index (κ2) is 4.75. The molecular weight excluding hydrogens is 308 g/mol. The highest BCUT2D eigenvalue weighted by Gasteiger charge is 2.35. The average Bonchev–Trinajstić information content (AvgIpc) is 2.15. The molecule has 1 rings (SSSR count). The van der Waals surface area contributed by atoms with E-state index >= 15 is 0 Å². The number of rotatable bonds is 2. The van der Waals surface area contributed by atoms with Crippen molar-refractivity contribution in [2.45, 2.75) is 17.9 Å². The first kappa shape index (κ1) is 13.5. The molecule has 1 aromatic carbocycles. The van der Waals surface area contributed by atoms with Crippen molar-refractivity contribution in [3.05, 3.63) is 34.3 Å². The summed E-state index contributed by atoms with van der Waals surface area (Å²) in [6.45, 7) is 1.22. The molecular formula is C10H7BrClF3O. The molecule has 16 heavy (non-hydrogen) atoms. The van der Waals surface area contributed by atoms with Crippen molar-refractivity contribution in [1.29, 1.82) is 0 Å². The van der Waals surface area contributed by atoms with Crippen LogP contribution in [0.5, 0.6) is 0 Å². The molecule has 1 aromatic rings. The normalized spacial score (nSPS) is 13.6. The summed E-state index contributed by atoms with van der Waals surface area (Å²) in [4.78, 5) is 10.1. The summed E-state index contributed by atoms with van der Waals surface area (Å²) in [5.74, 6) is -0.396. The Hall–Kier alpha value is -0.550. The lowest BCUT2D eigenvalue weighted by atomic mass is 10.0. The van der Waals surface area contributed by atoms with Gasteiger partial charge in [-0.1, -0.05) is 33.6 Å². The molecule has 0 saturated heterocycles. The lowest BCUT2D eigenvalue weighted by Crippen LogP contribution is -2.13. The number of Topliss-reactive ketones (excluding diaryl/α,β-unsaturated/α-hetero) is 1. The lowest BCUT2D eigenvalue weighted by molar-refractivity contribution is -0.138. The zero-order valence-corrected chi connectivity index (χ0v) is 10.4. The third-order valence-corrected chi connectivity index (χ3v) is 3.32. The fourth-order valence-electron chi connectivity index (χ4n) is 1.21. The van der Waals surface area contributed by atoms with E-state index < -0.39 is 22.4 Å². The third kappa shape index (κ3) is 2.98. The van der Waals surface area contributed by atoms with Gasteiger partial charge in [-0.2, -0.15) is 13.2 Å². The monoisotopic (exact) mass is 314 g/mol. The second-order valence-electron chi connectivity index (χ2n) is 3.20. The minimum Gasteiger partial charge on any atom is -0.298 e. The zero-order chi connectivity index (χ0) is 12.5. The average molecular weight is 316 g/mol. The molecule has 0 aromatic heterocycles. The van der Waals surface area contributed by atoms with Crippen molar-refractivity contribution < 1.29 is 18.0 Å². The quantitative estimate of drug-likeness (QED) is 0.740. The molecule has 1 unspecified atom stereocenters. The van der Waals surface area contributed by atoms with Crippen LogP contribution in [0, 0.1) is 0 Å². The number of ketones is 1. The molecule has 0 amide bonds. The van der Waals surface area contributed by atoms with Crippen LogP contribution in [0.1, 0.15) is 22.9 Å². The van der Waals surface area contributed by atoms with Crippen molar-refractivity contribution in [2.24, 2.45) is 0 Å². The highest BCUT2D eigenvalue weighted by molar-refractivity contribution is 9.09. The molecule has 88 valence electrons. The van der Waals surface area contributed by atoms with Crippen LogP contribution in [0.25, 0.3) is 0 Å². The molecule has 0 N–H and O–H groups in total. The number of hydrogen-bond donors (Lipinski definition) is 0. The molecule has 1 atom stereocenters. The van der Waals surface area contributed by atoms with Gasteiger partial charge in [0.25, 0.3) is 0 Å². The van der Waals surface area contributed by atoms with Crippen LogP contribution in [0.15, 0.2) is 18.2 Å². The fraction of sp³-hybridized carbons (Fsp3) is 0.300. The van der Waals surface area contributed by atoms with Gasteiger partial charge in [0.05, 0.1) is 10.4 Å². The van der Waals surface area contributed by atoms with E-state index in [9.17, 15) is 18.0 Å². The van der Waals surface area contributed by atoms with E-state index in [-0.39, 0.29) is 10.6 Å². The Morgan fingerprint density at radius 2 is 2.00 bits per heavy atom. The maximum Gasteiger partial charge on any atom is 0.416 e. The van der Waals surface area contributed by atoms with Crippen LogP contribution >= 0.6 is 27.5 Å². The highest BCUT2D eigenvalue weighted by Crippen LogP contribution is 2.38. The second-order valence-corrected chi connectivity index (χ2v) is 4.55. The Morgan fingerprint density at radius 3 is 2.44 bits per heavy atom. The molecule has 0 radical (unpaired) electrons. The van der Waals surface area contributed by atoms with E-state index in [1.165, 1.54) is 19.1 Å². The number of alkyl halides is 4. The van der Waals surface area contributed by atoms with Gasteiger partial charge in [0, 0.05) is 5.02 Å². The SMILES string of the molecule is CC(=O)C(Br)c1ccc(Cl)cc1C(F)(F)F. The van der Waals surface area contributed by atoms with E-state index in [4.69, 9.17) is 11.6 Å². The van der Waals surface area contributed by atoms with Crippen LogP contribution in [-0.4, -0.2) is 5.78 Å². The van der Waals surface area contributed by atoms with Gasteiger partial charge in [0.2, 0.25) is 0 Å². The summed E-state index contributed by atoms with van der Waals surface area (Å²) in [6.07, 6.45) is -4.53. The lowest BCUT2D eigenvalue weighted by Gasteiger charge is -2.15. The van der Waals surface area contributed by atoms with Crippen molar-refractivity contribution in [3.8, 4) is 0 Å². The Bertz CT molecular complexity index is 417. The summed E-state index contributed by atoms with van der Waals surface area (Å²) in [6, 6.07) is 3.34. The Morgan fingerprint density at radius 1 is 1.44 bits per heavy atom. The Kier molecular flexibility index (Phi) is 4.02. The third-order valence-electron chi connectivity index (χ3n) is 1.95. The van der Waals surface area contributed by atoms with Crippen LogP contribution in [-0.2, 0) is 11.0 Å². The van der Waals surface area contributed by atoms with Gasteiger partial charge in [0.1, 0.15) is 5.78 Å². The van der Waals surface area contributed by atoms with E-state index in [1.807, 2.05) is 0 Å². The van der Waals surface area contributed by atoms with Gasteiger partial charge >= 0.3 is 6.18 Å². The van der Waals surface area contributed by atoms with Crippen LogP contribution in [0.3, 0.4) is 0 Å². The van der Waals surface area contributed by atoms with Crippen molar-refractivity contribution in [2.75, 3.05) is 0 Å². The van der Waals surface area contributed by atoms with E-state index in [0.717, 1.165) is 6.07 Å². The molecule has 0 aliphatic heterocycles. The minimum atomic E-state index is -4.53. The Labute approximate surface area is 104 Å².